The molecule has 28 heavy (non-hydrogen) atoms. The third-order valence-electron chi connectivity index (χ3n) is 3.52. The number of rotatable bonds is 6. The Hall–Kier alpha value is -3.15. The van der Waals surface area contributed by atoms with Gasteiger partial charge >= 0.3 is 6.18 Å². The van der Waals surface area contributed by atoms with E-state index in [-0.39, 0.29) is 10.1 Å². The number of tetrazole rings is 1. The third-order valence-corrected chi connectivity index (χ3v) is 4.52. The maximum atomic E-state index is 12.9. The Morgan fingerprint density at radius 2 is 2.00 bits per heavy atom. The number of hydrogen-bond donors (Lipinski definition) is 0. The van der Waals surface area contributed by atoms with E-state index in [0.717, 1.165) is 23.9 Å². The summed E-state index contributed by atoms with van der Waals surface area (Å²) in [4.78, 5) is 10.4. The fourth-order valence-electron chi connectivity index (χ4n) is 2.32. The molecule has 12 heteroatoms. The molecule has 8 nitrogen and oxygen atoms in total. The Morgan fingerprint density at radius 3 is 2.68 bits per heavy atom. The van der Waals surface area contributed by atoms with E-state index in [9.17, 15) is 23.3 Å². The van der Waals surface area contributed by atoms with Gasteiger partial charge in [0.25, 0.3) is 5.69 Å². The molecule has 1 aromatic heterocycles. The Bertz CT molecular complexity index is 1010. The van der Waals surface area contributed by atoms with Gasteiger partial charge in [0.2, 0.25) is 5.16 Å². The molecule has 1 heterocycles. The summed E-state index contributed by atoms with van der Waals surface area (Å²) < 4.78 is 45.4. The molecule has 146 valence electrons. The molecule has 0 saturated heterocycles. The highest BCUT2D eigenvalue weighted by molar-refractivity contribution is 7.99. The summed E-state index contributed by atoms with van der Waals surface area (Å²) in [5.41, 5.74) is -1.30. The van der Waals surface area contributed by atoms with Crippen molar-refractivity contribution in [1.29, 1.82) is 0 Å². The lowest BCUT2D eigenvalue weighted by Crippen LogP contribution is -2.06. The SMILES string of the molecule is CCOc1ccccc1-n1nnnc1Sc1ccc(C(F)(F)F)cc1[N+](=O)[O-]. The Morgan fingerprint density at radius 1 is 1.25 bits per heavy atom. The zero-order chi connectivity index (χ0) is 20.3. The Labute approximate surface area is 160 Å². The molecule has 2 aromatic carbocycles. The average molecular weight is 411 g/mol. The number of nitro groups is 1. The minimum atomic E-state index is -4.69. The molecule has 0 N–H and O–H groups in total. The van der Waals surface area contributed by atoms with Gasteiger partial charge in [0.15, 0.2) is 0 Å². The number of halogens is 3. The molecule has 0 unspecified atom stereocenters. The van der Waals surface area contributed by atoms with Crippen LogP contribution >= 0.6 is 11.8 Å². The third kappa shape index (κ3) is 4.06. The molecule has 0 amide bonds. The lowest BCUT2D eigenvalue weighted by molar-refractivity contribution is -0.388. The van der Waals surface area contributed by atoms with Gasteiger partial charge in [-0.15, -0.1) is 5.10 Å². The van der Waals surface area contributed by atoms with Crippen molar-refractivity contribution in [2.24, 2.45) is 0 Å². The second-order valence-electron chi connectivity index (χ2n) is 5.31. The standard InChI is InChI=1S/C16H12F3N5O3S/c1-2-27-13-6-4-3-5-11(13)23-15(20-21-22-23)28-14-8-7-10(16(17,18)19)9-12(14)24(25)26/h3-9H,2H2,1H3. The molecule has 0 aliphatic heterocycles. The van der Waals surface area contributed by atoms with Crippen LogP contribution in [-0.4, -0.2) is 31.7 Å². The highest BCUT2D eigenvalue weighted by Crippen LogP contribution is 2.39. The van der Waals surface area contributed by atoms with Gasteiger partial charge in [0.1, 0.15) is 11.4 Å². The minimum absolute atomic E-state index is 0.0251. The summed E-state index contributed by atoms with van der Waals surface area (Å²) in [5, 5.41) is 22.7. The Balaban J connectivity index is 2.01. The van der Waals surface area contributed by atoms with Gasteiger partial charge in [-0.05, 0) is 53.4 Å². The molecule has 3 rings (SSSR count). The Kier molecular flexibility index (Phi) is 5.49. The minimum Gasteiger partial charge on any atom is -0.492 e. The van der Waals surface area contributed by atoms with Crippen LogP contribution in [0.15, 0.2) is 52.5 Å². The monoisotopic (exact) mass is 411 g/mol. The van der Waals surface area contributed by atoms with Crippen LogP contribution in [0.3, 0.4) is 0 Å². The highest BCUT2D eigenvalue weighted by atomic mass is 32.2. The van der Waals surface area contributed by atoms with Gasteiger partial charge in [0, 0.05) is 6.07 Å². The molecule has 0 bridgehead atoms. The molecule has 0 saturated carbocycles. The van der Waals surface area contributed by atoms with Gasteiger partial charge in [-0.3, -0.25) is 10.1 Å². The van der Waals surface area contributed by atoms with E-state index in [1.54, 1.807) is 31.2 Å². The van der Waals surface area contributed by atoms with E-state index in [4.69, 9.17) is 4.74 Å². The van der Waals surface area contributed by atoms with Crippen molar-refractivity contribution in [2.75, 3.05) is 6.61 Å². The number of hydrogen-bond acceptors (Lipinski definition) is 7. The number of benzene rings is 2. The van der Waals surface area contributed by atoms with Crippen molar-refractivity contribution in [1.82, 2.24) is 20.2 Å². The van der Waals surface area contributed by atoms with Crippen LogP contribution < -0.4 is 4.74 Å². The largest absolute Gasteiger partial charge is 0.492 e. The first kappa shape index (κ1) is 19.6. The van der Waals surface area contributed by atoms with Gasteiger partial charge in [0.05, 0.1) is 22.0 Å². The number of ether oxygens (including phenoxy) is 1. The van der Waals surface area contributed by atoms with Crippen molar-refractivity contribution in [3.8, 4) is 11.4 Å². The van der Waals surface area contributed by atoms with E-state index in [1.807, 2.05) is 0 Å². The molecule has 0 spiro atoms. The number of nitro benzene ring substituents is 1. The fourth-order valence-corrected chi connectivity index (χ4v) is 3.19. The maximum absolute atomic E-state index is 12.9. The lowest BCUT2D eigenvalue weighted by atomic mass is 10.2. The fraction of sp³-hybridized carbons (Fsp3) is 0.188. The van der Waals surface area contributed by atoms with Gasteiger partial charge < -0.3 is 4.74 Å². The molecule has 0 aliphatic rings. The van der Waals surface area contributed by atoms with E-state index in [0.29, 0.717) is 24.1 Å². The predicted octanol–water partition coefficient (Wildman–Crippen LogP) is 4.14. The number of alkyl halides is 3. The van der Waals surface area contributed by atoms with E-state index >= 15 is 0 Å². The predicted molar refractivity (Wildman–Crippen MR) is 92.5 cm³/mol. The normalized spacial score (nSPS) is 11.4. The van der Waals surface area contributed by atoms with Crippen LogP contribution in [0.2, 0.25) is 0 Å². The lowest BCUT2D eigenvalue weighted by Gasteiger charge is -2.11. The summed E-state index contributed by atoms with van der Waals surface area (Å²) in [7, 11) is 0. The van der Waals surface area contributed by atoms with Gasteiger partial charge in [-0.1, -0.05) is 12.1 Å². The quantitative estimate of drug-likeness (QED) is 0.444. The second-order valence-corrected chi connectivity index (χ2v) is 6.32. The smallest absolute Gasteiger partial charge is 0.416 e. The number of aromatic nitrogens is 4. The van der Waals surface area contributed by atoms with Crippen LogP contribution in [0.5, 0.6) is 5.75 Å². The zero-order valence-corrected chi connectivity index (χ0v) is 15.1. The second kappa shape index (κ2) is 7.84. The van der Waals surface area contributed by atoms with E-state index in [1.165, 1.54) is 4.68 Å². The topological polar surface area (TPSA) is 96.0 Å². The summed E-state index contributed by atoms with van der Waals surface area (Å²) in [6, 6.07) is 9.17. The summed E-state index contributed by atoms with van der Waals surface area (Å²) in [6.45, 7) is 2.20. The van der Waals surface area contributed by atoms with Gasteiger partial charge in [-0.2, -0.15) is 17.9 Å². The van der Waals surface area contributed by atoms with E-state index in [2.05, 4.69) is 15.5 Å². The average Bonchev–Trinajstić information content (AvgIpc) is 3.09. The molecule has 0 radical (unpaired) electrons. The van der Waals surface area contributed by atoms with Crippen molar-refractivity contribution in [3.05, 3.63) is 58.1 Å². The number of nitrogens with zero attached hydrogens (tertiary/aromatic N) is 5. The summed E-state index contributed by atoms with van der Waals surface area (Å²) in [5.74, 6) is 0.487. The summed E-state index contributed by atoms with van der Waals surface area (Å²) in [6.07, 6.45) is -4.69. The van der Waals surface area contributed by atoms with Crippen LogP contribution in [-0.2, 0) is 6.18 Å². The van der Waals surface area contributed by atoms with Crippen LogP contribution in [0.4, 0.5) is 18.9 Å². The first-order valence-electron chi connectivity index (χ1n) is 7.85. The molecule has 0 atom stereocenters. The van der Waals surface area contributed by atoms with Crippen LogP contribution in [0, 0.1) is 10.1 Å². The van der Waals surface area contributed by atoms with Crippen molar-refractivity contribution >= 4 is 17.4 Å². The number of para-hydroxylation sites is 2. The summed E-state index contributed by atoms with van der Waals surface area (Å²) >= 11 is 0.779. The molecular weight excluding hydrogens is 399 g/mol. The van der Waals surface area contributed by atoms with Crippen molar-refractivity contribution in [3.63, 3.8) is 0 Å². The van der Waals surface area contributed by atoms with Crippen molar-refractivity contribution in [2.45, 2.75) is 23.2 Å². The molecule has 0 aliphatic carbocycles. The first-order chi connectivity index (χ1) is 13.3. The molecular formula is C16H12F3N5O3S. The molecule has 0 fully saturated rings. The zero-order valence-electron chi connectivity index (χ0n) is 14.3. The van der Waals surface area contributed by atoms with E-state index < -0.39 is 22.4 Å². The van der Waals surface area contributed by atoms with Crippen LogP contribution in [0.1, 0.15) is 12.5 Å². The highest BCUT2D eigenvalue weighted by Gasteiger charge is 2.33. The molecule has 3 aromatic rings. The van der Waals surface area contributed by atoms with Gasteiger partial charge in [-0.25, -0.2) is 0 Å². The van der Waals surface area contributed by atoms with Crippen molar-refractivity contribution < 1.29 is 22.8 Å². The maximum Gasteiger partial charge on any atom is 0.416 e. The first-order valence-corrected chi connectivity index (χ1v) is 8.67. The van der Waals surface area contributed by atoms with Crippen LogP contribution in [0.25, 0.3) is 5.69 Å².